The van der Waals surface area contributed by atoms with Gasteiger partial charge in [-0.2, -0.15) is 0 Å². The quantitative estimate of drug-likeness (QED) is 0.305. The first-order chi connectivity index (χ1) is 12.7. The summed E-state index contributed by atoms with van der Waals surface area (Å²) in [5.41, 5.74) is 3.37. The lowest BCUT2D eigenvalue weighted by Crippen LogP contribution is -2.39. The van der Waals surface area contributed by atoms with Crippen LogP contribution in [0.15, 0.2) is 53.5 Å². The highest BCUT2D eigenvalue weighted by atomic mass is 127. The van der Waals surface area contributed by atoms with Crippen molar-refractivity contribution in [1.29, 1.82) is 0 Å². The first kappa shape index (κ1) is 23.2. The lowest BCUT2D eigenvalue weighted by atomic mass is 10.1. The molecule has 2 aromatic carbocycles. The molecule has 27 heavy (non-hydrogen) atoms. The van der Waals surface area contributed by atoms with Gasteiger partial charge in [-0.25, -0.2) is 4.99 Å². The summed E-state index contributed by atoms with van der Waals surface area (Å²) in [5, 5.41) is 16.8. The number of methoxy groups -OCH3 is 1. The fraction of sp³-hybridized carbons (Fsp3) is 0.381. The second-order valence-corrected chi connectivity index (χ2v) is 5.99. The van der Waals surface area contributed by atoms with Crippen molar-refractivity contribution in [3.63, 3.8) is 0 Å². The van der Waals surface area contributed by atoms with E-state index in [-0.39, 0.29) is 24.0 Å². The topological polar surface area (TPSA) is 65.9 Å². The summed E-state index contributed by atoms with van der Waals surface area (Å²) in [7, 11) is 1.63. The van der Waals surface area contributed by atoms with Crippen molar-refractivity contribution in [2.24, 2.45) is 4.99 Å². The summed E-state index contributed by atoms with van der Waals surface area (Å²) in [6.07, 6.45) is 0.374. The average molecular weight is 483 g/mol. The molecule has 1 atom stereocenters. The highest BCUT2D eigenvalue weighted by Gasteiger charge is 2.09. The minimum absolute atomic E-state index is 0. The molecule has 5 nitrogen and oxygen atoms in total. The summed E-state index contributed by atoms with van der Waals surface area (Å²) in [6, 6.07) is 15.8. The molecular weight excluding hydrogens is 453 g/mol. The fourth-order valence-electron chi connectivity index (χ4n) is 2.70. The number of aliphatic hydroxyl groups excluding tert-OH is 1. The Morgan fingerprint density at radius 3 is 2.30 bits per heavy atom. The highest BCUT2D eigenvalue weighted by Crippen LogP contribution is 2.17. The average Bonchev–Trinajstić information content (AvgIpc) is 2.70. The van der Waals surface area contributed by atoms with Crippen molar-refractivity contribution < 1.29 is 9.84 Å². The maximum atomic E-state index is 10.4. The number of aliphatic imine (C=N–C) groups is 1. The number of rotatable bonds is 8. The van der Waals surface area contributed by atoms with Crippen molar-refractivity contribution in [2.75, 3.05) is 20.2 Å². The molecule has 3 N–H and O–H groups in total. The van der Waals surface area contributed by atoms with Crippen LogP contribution in [0.5, 0.6) is 5.75 Å². The Morgan fingerprint density at radius 1 is 1.04 bits per heavy atom. The molecule has 2 aromatic rings. The van der Waals surface area contributed by atoms with Gasteiger partial charge in [-0.3, -0.25) is 0 Å². The van der Waals surface area contributed by atoms with E-state index in [1.54, 1.807) is 7.11 Å². The predicted molar refractivity (Wildman–Crippen MR) is 122 cm³/mol. The Bertz CT molecular complexity index is 705. The highest BCUT2D eigenvalue weighted by molar-refractivity contribution is 14.0. The van der Waals surface area contributed by atoms with Gasteiger partial charge in [0, 0.05) is 13.1 Å². The normalized spacial score (nSPS) is 12.1. The fourth-order valence-corrected chi connectivity index (χ4v) is 2.70. The second kappa shape index (κ2) is 12.6. The lowest BCUT2D eigenvalue weighted by Gasteiger charge is -2.16. The molecule has 6 heteroatoms. The molecule has 0 saturated carbocycles. The standard InChI is InChI=1S/C21H29N3O2.HI/c1-4-16-8-6-7-9-18(16)14-23-21(22-5-2)24-15-20(25)17-10-12-19(26-3)13-11-17;/h6-13,20,25H,4-5,14-15H2,1-3H3,(H2,22,23,24);1H. The van der Waals surface area contributed by atoms with Gasteiger partial charge in [-0.15, -0.1) is 24.0 Å². The second-order valence-electron chi connectivity index (χ2n) is 5.99. The summed E-state index contributed by atoms with van der Waals surface area (Å²) in [5.74, 6) is 1.48. The van der Waals surface area contributed by atoms with Gasteiger partial charge in [0.25, 0.3) is 0 Å². The number of nitrogens with one attached hydrogen (secondary N) is 2. The Kier molecular flexibility index (Phi) is 10.8. The molecule has 0 aromatic heterocycles. The van der Waals surface area contributed by atoms with Crippen molar-refractivity contribution in [3.05, 3.63) is 65.2 Å². The van der Waals surface area contributed by atoms with Crippen LogP contribution in [0.3, 0.4) is 0 Å². The number of hydrogen-bond donors (Lipinski definition) is 3. The van der Waals surface area contributed by atoms with Crippen LogP contribution < -0.4 is 15.4 Å². The van der Waals surface area contributed by atoms with E-state index < -0.39 is 6.10 Å². The molecule has 0 heterocycles. The van der Waals surface area contributed by atoms with E-state index in [1.807, 2.05) is 37.3 Å². The van der Waals surface area contributed by atoms with E-state index in [2.05, 4.69) is 40.7 Å². The van der Waals surface area contributed by atoms with E-state index in [0.29, 0.717) is 19.0 Å². The van der Waals surface area contributed by atoms with Gasteiger partial charge >= 0.3 is 0 Å². The van der Waals surface area contributed by atoms with Crippen molar-refractivity contribution in [1.82, 2.24) is 10.6 Å². The molecule has 148 valence electrons. The molecule has 0 amide bonds. The molecule has 0 radical (unpaired) electrons. The molecule has 0 saturated heterocycles. The lowest BCUT2D eigenvalue weighted by molar-refractivity contribution is 0.180. The van der Waals surface area contributed by atoms with E-state index in [0.717, 1.165) is 24.3 Å². The minimum Gasteiger partial charge on any atom is -0.497 e. The SMILES string of the molecule is CCNC(=NCc1ccccc1CC)NCC(O)c1ccc(OC)cc1.I. The van der Waals surface area contributed by atoms with Crippen LogP contribution in [0.1, 0.15) is 36.6 Å². The molecule has 1 unspecified atom stereocenters. The van der Waals surface area contributed by atoms with Gasteiger partial charge in [-0.05, 0) is 42.2 Å². The number of ether oxygens (including phenoxy) is 1. The molecule has 0 bridgehead atoms. The number of aliphatic hydroxyl groups is 1. The van der Waals surface area contributed by atoms with Crippen molar-refractivity contribution in [2.45, 2.75) is 32.9 Å². The van der Waals surface area contributed by atoms with Gasteiger partial charge in [0.05, 0.1) is 19.8 Å². The maximum Gasteiger partial charge on any atom is 0.191 e. The minimum atomic E-state index is -0.618. The summed E-state index contributed by atoms with van der Waals surface area (Å²) in [6.45, 7) is 5.93. The Labute approximate surface area is 179 Å². The largest absolute Gasteiger partial charge is 0.497 e. The zero-order valence-corrected chi connectivity index (χ0v) is 18.6. The van der Waals surface area contributed by atoms with Crippen LogP contribution in [0.2, 0.25) is 0 Å². The third-order valence-corrected chi connectivity index (χ3v) is 4.21. The van der Waals surface area contributed by atoms with Gasteiger partial charge in [0.1, 0.15) is 5.75 Å². The zero-order chi connectivity index (χ0) is 18.8. The van der Waals surface area contributed by atoms with Gasteiger partial charge < -0.3 is 20.5 Å². The van der Waals surface area contributed by atoms with Crippen LogP contribution in [-0.4, -0.2) is 31.3 Å². The Balaban J connectivity index is 0.00000364. The molecule has 0 spiro atoms. The van der Waals surface area contributed by atoms with Gasteiger partial charge in [0.15, 0.2) is 5.96 Å². The molecule has 0 fully saturated rings. The zero-order valence-electron chi connectivity index (χ0n) is 16.2. The number of hydrogen-bond acceptors (Lipinski definition) is 3. The van der Waals surface area contributed by atoms with Crippen LogP contribution >= 0.6 is 24.0 Å². The van der Waals surface area contributed by atoms with Gasteiger partial charge in [0.2, 0.25) is 0 Å². The number of aryl methyl sites for hydroxylation is 1. The van der Waals surface area contributed by atoms with E-state index in [4.69, 9.17) is 4.74 Å². The third kappa shape index (κ3) is 7.38. The number of nitrogens with zero attached hydrogens (tertiary/aromatic N) is 1. The van der Waals surface area contributed by atoms with E-state index in [9.17, 15) is 5.11 Å². The molecule has 0 aliphatic rings. The van der Waals surface area contributed by atoms with Crippen LogP contribution in [0, 0.1) is 0 Å². The van der Waals surface area contributed by atoms with Gasteiger partial charge in [-0.1, -0.05) is 43.3 Å². The molecule has 0 aliphatic heterocycles. The Hall–Kier alpha value is -1.80. The summed E-state index contributed by atoms with van der Waals surface area (Å²) >= 11 is 0. The van der Waals surface area contributed by atoms with Crippen LogP contribution in [0.4, 0.5) is 0 Å². The number of guanidine groups is 1. The van der Waals surface area contributed by atoms with Crippen molar-refractivity contribution in [3.8, 4) is 5.75 Å². The van der Waals surface area contributed by atoms with E-state index >= 15 is 0 Å². The molecular formula is C21H30IN3O2. The first-order valence-corrected chi connectivity index (χ1v) is 9.08. The smallest absolute Gasteiger partial charge is 0.191 e. The first-order valence-electron chi connectivity index (χ1n) is 9.08. The molecule has 2 rings (SSSR count). The van der Waals surface area contributed by atoms with Crippen molar-refractivity contribution >= 4 is 29.9 Å². The van der Waals surface area contributed by atoms with Crippen LogP contribution in [-0.2, 0) is 13.0 Å². The van der Waals surface area contributed by atoms with Crippen LogP contribution in [0.25, 0.3) is 0 Å². The summed E-state index contributed by atoms with van der Waals surface area (Å²) in [4.78, 5) is 4.65. The third-order valence-electron chi connectivity index (χ3n) is 4.21. The number of halogens is 1. The summed E-state index contributed by atoms with van der Waals surface area (Å²) < 4.78 is 5.15. The maximum absolute atomic E-state index is 10.4. The monoisotopic (exact) mass is 483 g/mol. The predicted octanol–water partition coefficient (Wildman–Crippen LogP) is 3.66. The Morgan fingerprint density at radius 2 is 1.70 bits per heavy atom. The van der Waals surface area contributed by atoms with E-state index in [1.165, 1.54) is 11.1 Å². The molecule has 0 aliphatic carbocycles. The number of benzene rings is 2.